The van der Waals surface area contributed by atoms with Crippen LogP contribution in [0.2, 0.25) is 0 Å². The standard InChI is InChI=1S/C9H18N2/c1-10(2)11-7-8-3-5-9(11)6-4-8/h8-9H,3-7H2,1-2H3. The van der Waals surface area contributed by atoms with E-state index in [1.54, 1.807) is 0 Å². The monoisotopic (exact) mass is 154 g/mol. The van der Waals surface area contributed by atoms with E-state index in [0.29, 0.717) is 0 Å². The summed E-state index contributed by atoms with van der Waals surface area (Å²) in [6.07, 6.45) is 5.83. The number of piperidine rings is 2. The molecule has 1 aliphatic carbocycles. The van der Waals surface area contributed by atoms with Crippen molar-refractivity contribution in [2.75, 3.05) is 20.6 Å². The van der Waals surface area contributed by atoms with Gasteiger partial charge in [-0.25, -0.2) is 10.0 Å². The van der Waals surface area contributed by atoms with Crippen molar-refractivity contribution in [3.8, 4) is 0 Å². The largest absolute Gasteiger partial charge is 0.248 e. The lowest BCUT2D eigenvalue weighted by molar-refractivity contribution is -0.0882. The predicted molar refractivity (Wildman–Crippen MR) is 46.1 cm³/mol. The first-order chi connectivity index (χ1) is 5.27. The minimum atomic E-state index is 0.870. The van der Waals surface area contributed by atoms with Gasteiger partial charge < -0.3 is 0 Å². The summed E-state index contributed by atoms with van der Waals surface area (Å²) in [5, 5.41) is 4.81. The van der Waals surface area contributed by atoms with Crippen molar-refractivity contribution >= 4 is 0 Å². The minimum Gasteiger partial charge on any atom is -0.248 e. The Morgan fingerprint density at radius 1 is 1.09 bits per heavy atom. The smallest absolute Gasteiger partial charge is 0.0246 e. The van der Waals surface area contributed by atoms with Gasteiger partial charge in [0.25, 0.3) is 0 Å². The van der Waals surface area contributed by atoms with E-state index in [9.17, 15) is 0 Å². The second-order valence-corrected chi connectivity index (χ2v) is 4.14. The maximum atomic E-state index is 2.54. The molecule has 1 saturated carbocycles. The zero-order valence-corrected chi connectivity index (χ0v) is 7.58. The van der Waals surface area contributed by atoms with E-state index in [1.807, 2.05) is 0 Å². The van der Waals surface area contributed by atoms with Crippen LogP contribution in [0.15, 0.2) is 0 Å². The van der Waals surface area contributed by atoms with E-state index >= 15 is 0 Å². The molecule has 3 fully saturated rings. The van der Waals surface area contributed by atoms with Crippen LogP contribution in [0.5, 0.6) is 0 Å². The summed E-state index contributed by atoms with van der Waals surface area (Å²) in [5.74, 6) is 1.00. The van der Waals surface area contributed by atoms with Gasteiger partial charge in [0.2, 0.25) is 0 Å². The summed E-state index contributed by atoms with van der Waals surface area (Å²) >= 11 is 0. The molecular weight excluding hydrogens is 136 g/mol. The van der Waals surface area contributed by atoms with Gasteiger partial charge in [-0.2, -0.15) is 0 Å². The van der Waals surface area contributed by atoms with Gasteiger partial charge in [-0.05, 0) is 31.6 Å². The van der Waals surface area contributed by atoms with Gasteiger partial charge >= 0.3 is 0 Å². The summed E-state index contributed by atoms with van der Waals surface area (Å²) in [6, 6.07) is 0.870. The molecule has 2 bridgehead atoms. The van der Waals surface area contributed by atoms with E-state index in [-0.39, 0.29) is 0 Å². The number of hydrogen-bond acceptors (Lipinski definition) is 2. The lowest BCUT2D eigenvalue weighted by Crippen LogP contribution is -2.53. The van der Waals surface area contributed by atoms with Crippen LogP contribution >= 0.6 is 0 Å². The van der Waals surface area contributed by atoms with E-state index < -0.39 is 0 Å². The first-order valence-corrected chi connectivity index (χ1v) is 4.71. The average Bonchev–Trinajstić information content (AvgIpc) is 2.06. The Kier molecular flexibility index (Phi) is 1.90. The molecule has 2 heteroatoms. The van der Waals surface area contributed by atoms with Gasteiger partial charge in [-0.1, -0.05) is 0 Å². The van der Waals surface area contributed by atoms with Crippen LogP contribution < -0.4 is 0 Å². The molecule has 3 rings (SSSR count). The number of fused-ring (bicyclic) bond motifs is 3. The Bertz CT molecular complexity index is 136. The first kappa shape index (κ1) is 7.56. The zero-order valence-electron chi connectivity index (χ0n) is 7.58. The molecule has 0 unspecified atom stereocenters. The lowest BCUT2D eigenvalue weighted by atomic mass is 9.81. The van der Waals surface area contributed by atoms with Crippen molar-refractivity contribution in [1.29, 1.82) is 0 Å². The highest BCUT2D eigenvalue weighted by Crippen LogP contribution is 2.34. The van der Waals surface area contributed by atoms with Crippen LogP contribution in [-0.4, -0.2) is 36.7 Å². The fraction of sp³-hybridized carbons (Fsp3) is 1.00. The van der Waals surface area contributed by atoms with E-state index in [2.05, 4.69) is 24.1 Å². The van der Waals surface area contributed by atoms with Crippen LogP contribution in [-0.2, 0) is 0 Å². The van der Waals surface area contributed by atoms with Crippen LogP contribution in [0, 0.1) is 5.92 Å². The highest BCUT2D eigenvalue weighted by molar-refractivity contribution is 4.85. The third-order valence-electron chi connectivity index (χ3n) is 3.20. The first-order valence-electron chi connectivity index (χ1n) is 4.71. The minimum absolute atomic E-state index is 0.870. The topological polar surface area (TPSA) is 6.48 Å². The molecule has 0 atom stereocenters. The molecule has 2 heterocycles. The molecule has 0 N–H and O–H groups in total. The van der Waals surface area contributed by atoms with E-state index in [0.717, 1.165) is 12.0 Å². The van der Waals surface area contributed by atoms with Crippen molar-refractivity contribution in [3.63, 3.8) is 0 Å². The Balaban J connectivity index is 2.03. The molecule has 0 aromatic heterocycles. The fourth-order valence-corrected chi connectivity index (χ4v) is 2.53. The quantitative estimate of drug-likeness (QED) is 0.562. The Labute approximate surface area is 69.1 Å². The summed E-state index contributed by atoms with van der Waals surface area (Å²) in [6.45, 7) is 1.32. The van der Waals surface area contributed by atoms with Gasteiger partial charge in [0.15, 0.2) is 0 Å². The molecule has 0 aromatic carbocycles. The summed E-state index contributed by atoms with van der Waals surface area (Å²) in [4.78, 5) is 0. The summed E-state index contributed by atoms with van der Waals surface area (Å²) < 4.78 is 0. The molecule has 0 amide bonds. The van der Waals surface area contributed by atoms with Gasteiger partial charge in [0.1, 0.15) is 0 Å². The van der Waals surface area contributed by atoms with Crippen molar-refractivity contribution in [1.82, 2.24) is 10.0 Å². The molecule has 0 spiro atoms. The molecule has 0 aromatic rings. The predicted octanol–water partition coefficient (Wildman–Crippen LogP) is 1.34. The SMILES string of the molecule is CN(C)N1CC2CCC1CC2. The highest BCUT2D eigenvalue weighted by atomic mass is 15.6. The van der Waals surface area contributed by atoms with E-state index in [1.165, 1.54) is 32.2 Å². The molecule has 0 radical (unpaired) electrons. The third kappa shape index (κ3) is 1.30. The number of rotatable bonds is 1. The molecule has 2 aliphatic heterocycles. The Hall–Kier alpha value is -0.0800. The van der Waals surface area contributed by atoms with Crippen molar-refractivity contribution in [3.05, 3.63) is 0 Å². The fourth-order valence-electron chi connectivity index (χ4n) is 2.53. The molecule has 2 nitrogen and oxygen atoms in total. The van der Waals surface area contributed by atoms with Crippen molar-refractivity contribution < 1.29 is 0 Å². The Morgan fingerprint density at radius 2 is 1.73 bits per heavy atom. The maximum Gasteiger partial charge on any atom is 0.0246 e. The molecule has 11 heavy (non-hydrogen) atoms. The number of nitrogens with zero attached hydrogens (tertiary/aromatic N) is 2. The maximum absolute atomic E-state index is 2.54. The third-order valence-corrected chi connectivity index (χ3v) is 3.20. The molecule has 64 valence electrons. The summed E-state index contributed by atoms with van der Waals surface area (Å²) in [5.41, 5.74) is 0. The second-order valence-electron chi connectivity index (χ2n) is 4.14. The second kappa shape index (κ2) is 2.76. The van der Waals surface area contributed by atoms with Gasteiger partial charge in [-0.3, -0.25) is 0 Å². The molecule has 3 aliphatic rings. The Morgan fingerprint density at radius 3 is 2.00 bits per heavy atom. The normalized spacial score (nSPS) is 38.5. The van der Waals surface area contributed by atoms with E-state index in [4.69, 9.17) is 0 Å². The van der Waals surface area contributed by atoms with Crippen LogP contribution in [0.4, 0.5) is 0 Å². The number of hydrogen-bond donors (Lipinski definition) is 0. The van der Waals surface area contributed by atoms with Crippen molar-refractivity contribution in [2.45, 2.75) is 31.7 Å². The lowest BCUT2D eigenvalue weighted by Gasteiger charge is -2.47. The van der Waals surface area contributed by atoms with Crippen LogP contribution in [0.25, 0.3) is 0 Å². The zero-order chi connectivity index (χ0) is 7.84. The van der Waals surface area contributed by atoms with Crippen LogP contribution in [0.1, 0.15) is 25.7 Å². The van der Waals surface area contributed by atoms with Gasteiger partial charge in [-0.15, -0.1) is 0 Å². The number of hydrazine groups is 1. The van der Waals surface area contributed by atoms with Crippen LogP contribution in [0.3, 0.4) is 0 Å². The van der Waals surface area contributed by atoms with Gasteiger partial charge in [0.05, 0.1) is 0 Å². The highest BCUT2D eigenvalue weighted by Gasteiger charge is 2.34. The average molecular weight is 154 g/mol. The van der Waals surface area contributed by atoms with Gasteiger partial charge in [0, 0.05) is 26.7 Å². The summed E-state index contributed by atoms with van der Waals surface area (Å²) in [7, 11) is 4.33. The molecule has 2 saturated heterocycles. The molecular formula is C9H18N2. The van der Waals surface area contributed by atoms with Crippen molar-refractivity contribution in [2.24, 2.45) is 5.92 Å².